The molecule has 0 saturated carbocycles. The fraction of sp³-hybridized carbons (Fsp3) is 0.667. The van der Waals surface area contributed by atoms with Gasteiger partial charge in [0.2, 0.25) is 0 Å². The molecule has 0 unspecified atom stereocenters. The molecule has 1 heterocycles. The second kappa shape index (κ2) is 7.10. The Morgan fingerprint density at radius 2 is 1.74 bits per heavy atom. The number of ether oxygens (including phenoxy) is 1. The summed E-state index contributed by atoms with van der Waals surface area (Å²) in [7, 11) is 0. The van der Waals surface area contributed by atoms with Crippen LogP contribution in [0, 0.1) is 11.3 Å². The van der Waals surface area contributed by atoms with Crippen molar-refractivity contribution in [3.05, 3.63) is 11.9 Å². The Morgan fingerprint density at radius 1 is 1.26 bits per heavy atom. The van der Waals surface area contributed by atoms with Crippen LogP contribution < -0.4 is 5.73 Å². The van der Waals surface area contributed by atoms with E-state index in [1.165, 1.54) is 6.08 Å². The molecule has 1 saturated heterocycles. The van der Waals surface area contributed by atoms with Crippen LogP contribution in [0.1, 0.15) is 20.8 Å². The first kappa shape index (κ1) is 17.4. The van der Waals surface area contributed by atoms with Gasteiger partial charge in [0, 0.05) is 26.2 Å². The van der Waals surface area contributed by atoms with Crippen LogP contribution in [-0.2, 0) is 4.74 Å². The molecule has 0 atom stereocenters. The third kappa shape index (κ3) is 5.71. The van der Waals surface area contributed by atoms with Crippen molar-refractivity contribution in [2.75, 3.05) is 26.2 Å². The molecule has 0 bridgehead atoms. The van der Waals surface area contributed by atoms with Gasteiger partial charge in [-0.2, -0.15) is 5.26 Å². The van der Waals surface area contributed by atoms with E-state index < -0.39 is 5.60 Å². The van der Waals surface area contributed by atoms with Crippen molar-refractivity contribution in [2.24, 2.45) is 5.73 Å². The molecule has 1 aliphatic rings. The number of allylic oxidation sites excluding steroid dienone is 1. The molecule has 6 nitrogen and oxygen atoms in total. The minimum atomic E-state index is -0.478. The largest absolute Gasteiger partial charge is 0.444 e. The molecule has 1 aliphatic heterocycles. The second-order valence-corrected chi connectivity index (χ2v) is 5.15. The third-order valence-electron chi connectivity index (χ3n) is 2.51. The molecule has 0 spiro atoms. The van der Waals surface area contributed by atoms with Crippen molar-refractivity contribution in [1.29, 1.82) is 5.26 Å². The predicted molar refractivity (Wildman–Crippen MR) is 74.5 cm³/mol. The number of piperazine rings is 1. The summed E-state index contributed by atoms with van der Waals surface area (Å²) in [6, 6.07) is 1.90. The highest BCUT2D eigenvalue weighted by Gasteiger charge is 2.25. The molecule has 2 N–H and O–H groups in total. The van der Waals surface area contributed by atoms with Gasteiger partial charge in [0.05, 0.1) is 12.1 Å². The number of nitrogens with zero attached hydrogens (tertiary/aromatic N) is 3. The number of amides is 1. The zero-order chi connectivity index (χ0) is 13.8. The lowest BCUT2D eigenvalue weighted by Gasteiger charge is -2.36. The van der Waals surface area contributed by atoms with Crippen LogP contribution in [0.2, 0.25) is 0 Å². The van der Waals surface area contributed by atoms with Gasteiger partial charge in [-0.15, -0.1) is 12.4 Å². The number of hydrogen-bond donors (Lipinski definition) is 1. The quantitative estimate of drug-likeness (QED) is 0.735. The van der Waals surface area contributed by atoms with Gasteiger partial charge in [0.15, 0.2) is 0 Å². The van der Waals surface area contributed by atoms with Crippen molar-refractivity contribution in [1.82, 2.24) is 9.80 Å². The molecule has 1 fully saturated rings. The van der Waals surface area contributed by atoms with Crippen LogP contribution in [-0.4, -0.2) is 47.7 Å². The van der Waals surface area contributed by atoms with Crippen molar-refractivity contribution in [2.45, 2.75) is 26.4 Å². The Kier molecular flexibility index (Phi) is 6.49. The highest BCUT2D eigenvalue weighted by molar-refractivity contribution is 5.85. The number of nitriles is 1. The molecule has 108 valence electrons. The van der Waals surface area contributed by atoms with E-state index in [0.717, 1.165) is 0 Å². The Labute approximate surface area is 120 Å². The van der Waals surface area contributed by atoms with E-state index in [4.69, 9.17) is 15.7 Å². The normalized spacial score (nSPS) is 16.4. The van der Waals surface area contributed by atoms with E-state index in [2.05, 4.69) is 0 Å². The van der Waals surface area contributed by atoms with Gasteiger partial charge in [-0.05, 0) is 20.8 Å². The number of nitrogens with two attached hydrogens (primary N) is 1. The zero-order valence-electron chi connectivity index (χ0n) is 11.5. The second-order valence-electron chi connectivity index (χ2n) is 5.15. The molecule has 19 heavy (non-hydrogen) atoms. The fourth-order valence-electron chi connectivity index (χ4n) is 1.63. The smallest absolute Gasteiger partial charge is 0.410 e. The van der Waals surface area contributed by atoms with E-state index in [1.54, 1.807) is 4.90 Å². The molecular formula is C12H21ClN4O2. The van der Waals surface area contributed by atoms with Gasteiger partial charge in [0.1, 0.15) is 11.4 Å². The molecule has 1 rings (SSSR count). The zero-order valence-corrected chi connectivity index (χ0v) is 12.4. The highest BCUT2D eigenvalue weighted by Crippen LogP contribution is 2.12. The number of carbonyl (C=O) groups excluding carboxylic acids is 1. The summed E-state index contributed by atoms with van der Waals surface area (Å²) in [5.41, 5.74) is 5.23. The lowest BCUT2D eigenvalue weighted by atomic mass is 10.2. The van der Waals surface area contributed by atoms with Crippen LogP contribution in [0.25, 0.3) is 0 Å². The molecule has 0 aromatic carbocycles. The van der Waals surface area contributed by atoms with Crippen molar-refractivity contribution < 1.29 is 9.53 Å². The van der Waals surface area contributed by atoms with E-state index in [0.29, 0.717) is 32.0 Å². The molecule has 0 aromatic rings. The summed E-state index contributed by atoms with van der Waals surface area (Å²) in [6.07, 6.45) is 1.01. The van der Waals surface area contributed by atoms with Gasteiger partial charge in [0.25, 0.3) is 0 Å². The van der Waals surface area contributed by atoms with Crippen LogP contribution in [0.15, 0.2) is 11.9 Å². The van der Waals surface area contributed by atoms with E-state index in [1.807, 2.05) is 31.7 Å². The van der Waals surface area contributed by atoms with E-state index >= 15 is 0 Å². The van der Waals surface area contributed by atoms with Crippen molar-refractivity contribution in [3.63, 3.8) is 0 Å². The monoisotopic (exact) mass is 288 g/mol. The molecule has 0 radical (unpaired) electrons. The molecule has 7 heteroatoms. The minimum absolute atomic E-state index is 0. The third-order valence-corrected chi connectivity index (χ3v) is 2.51. The Balaban J connectivity index is 0.00000324. The maximum Gasteiger partial charge on any atom is 0.410 e. The lowest BCUT2D eigenvalue weighted by Crippen LogP contribution is -2.50. The van der Waals surface area contributed by atoms with Crippen LogP contribution in [0.5, 0.6) is 0 Å². The van der Waals surface area contributed by atoms with Gasteiger partial charge < -0.3 is 20.3 Å². The minimum Gasteiger partial charge on any atom is -0.444 e. The van der Waals surface area contributed by atoms with Crippen molar-refractivity contribution >= 4 is 18.5 Å². The van der Waals surface area contributed by atoms with Crippen LogP contribution >= 0.6 is 12.4 Å². The molecular weight excluding hydrogens is 268 g/mol. The Morgan fingerprint density at radius 3 is 2.16 bits per heavy atom. The summed E-state index contributed by atoms with van der Waals surface area (Å²) in [4.78, 5) is 15.3. The summed E-state index contributed by atoms with van der Waals surface area (Å²) in [5.74, 6) is 0.446. The van der Waals surface area contributed by atoms with Gasteiger partial charge in [-0.25, -0.2) is 4.79 Å². The molecule has 0 aromatic heterocycles. The van der Waals surface area contributed by atoms with Crippen LogP contribution in [0.4, 0.5) is 4.79 Å². The average molecular weight is 289 g/mol. The van der Waals surface area contributed by atoms with Crippen LogP contribution in [0.3, 0.4) is 0 Å². The maximum atomic E-state index is 11.8. The lowest BCUT2D eigenvalue weighted by molar-refractivity contribution is 0.0168. The van der Waals surface area contributed by atoms with E-state index in [9.17, 15) is 4.79 Å². The van der Waals surface area contributed by atoms with Gasteiger partial charge >= 0.3 is 6.09 Å². The number of carbonyl (C=O) groups is 1. The highest BCUT2D eigenvalue weighted by atomic mass is 35.5. The molecule has 1 amide bonds. The topological polar surface area (TPSA) is 82.6 Å². The first-order valence-electron chi connectivity index (χ1n) is 5.91. The van der Waals surface area contributed by atoms with Gasteiger partial charge in [-0.1, -0.05) is 0 Å². The summed E-state index contributed by atoms with van der Waals surface area (Å²) in [6.45, 7) is 7.86. The van der Waals surface area contributed by atoms with E-state index in [-0.39, 0.29) is 18.5 Å². The first-order chi connectivity index (χ1) is 8.33. The first-order valence-corrected chi connectivity index (χ1v) is 5.91. The SMILES string of the molecule is CC(C)(C)OC(=O)N1CCN(C(N)=CC#N)CC1.Cl. The number of hydrogen-bond acceptors (Lipinski definition) is 5. The summed E-state index contributed by atoms with van der Waals surface area (Å²) < 4.78 is 5.29. The maximum absolute atomic E-state index is 11.8. The fourth-order valence-corrected chi connectivity index (χ4v) is 1.63. The average Bonchev–Trinajstić information content (AvgIpc) is 2.27. The Bertz CT molecular complexity index is 376. The van der Waals surface area contributed by atoms with Crippen molar-refractivity contribution in [3.8, 4) is 6.07 Å². The predicted octanol–water partition coefficient (Wildman–Crippen LogP) is 1.28. The number of halogens is 1. The Hall–Kier alpha value is -1.61. The number of rotatable bonds is 1. The summed E-state index contributed by atoms with van der Waals surface area (Å²) >= 11 is 0. The van der Waals surface area contributed by atoms with Gasteiger partial charge in [-0.3, -0.25) is 0 Å². The molecule has 0 aliphatic carbocycles. The summed E-state index contributed by atoms with van der Waals surface area (Å²) in [5, 5.41) is 8.52. The standard InChI is InChI=1S/C12H20N4O2.ClH/c1-12(2,3)18-11(17)16-8-6-15(7-9-16)10(14)4-5-13;/h4H,6-9,14H2,1-3H3;1H.